The molecule has 2 aliphatic heterocycles. The third kappa shape index (κ3) is 4.19. The maximum absolute atomic E-state index is 12.2. The lowest BCUT2D eigenvalue weighted by Crippen LogP contribution is -2.53. The Balaban J connectivity index is 1.86. The minimum absolute atomic E-state index is 0.191. The smallest absolute Gasteiger partial charge is 0.234 e. The van der Waals surface area contributed by atoms with Gasteiger partial charge in [0.2, 0.25) is 5.91 Å². The number of carbonyl (C=O) groups is 1. The first-order valence-corrected chi connectivity index (χ1v) is 8.34. The Hall–Kier alpha value is -0.610. The summed E-state index contributed by atoms with van der Waals surface area (Å²) in [6.07, 6.45) is 6.33. The second-order valence-electron chi connectivity index (χ2n) is 6.84. The van der Waals surface area contributed by atoms with Gasteiger partial charge in [-0.05, 0) is 51.6 Å². The van der Waals surface area contributed by atoms with Gasteiger partial charge in [-0.1, -0.05) is 20.3 Å². The Morgan fingerprint density at radius 3 is 2.70 bits per heavy atom. The summed E-state index contributed by atoms with van der Waals surface area (Å²) in [6, 6.07) is 1.42. The van der Waals surface area contributed by atoms with Crippen molar-refractivity contribution in [2.75, 3.05) is 19.6 Å². The first-order chi connectivity index (χ1) is 9.58. The number of amides is 1. The number of nitrogens with zero attached hydrogens (tertiary/aromatic N) is 1. The predicted octanol–water partition coefficient (Wildman–Crippen LogP) is 1.75. The average molecular weight is 281 g/mol. The van der Waals surface area contributed by atoms with Crippen molar-refractivity contribution in [3.05, 3.63) is 0 Å². The lowest BCUT2D eigenvalue weighted by atomic mass is 9.94. The molecule has 116 valence electrons. The van der Waals surface area contributed by atoms with Gasteiger partial charge in [0.15, 0.2) is 0 Å². The highest BCUT2D eigenvalue weighted by atomic mass is 16.2. The van der Waals surface area contributed by atoms with Gasteiger partial charge < -0.3 is 10.6 Å². The van der Waals surface area contributed by atoms with E-state index in [9.17, 15) is 4.79 Å². The van der Waals surface area contributed by atoms with Gasteiger partial charge in [-0.15, -0.1) is 0 Å². The van der Waals surface area contributed by atoms with E-state index in [1.165, 1.54) is 32.1 Å². The highest BCUT2D eigenvalue weighted by Crippen LogP contribution is 2.23. The molecule has 4 heteroatoms. The summed E-state index contributed by atoms with van der Waals surface area (Å²) >= 11 is 0. The number of hydrogen-bond acceptors (Lipinski definition) is 3. The summed E-state index contributed by atoms with van der Waals surface area (Å²) in [4.78, 5) is 14.6. The fourth-order valence-corrected chi connectivity index (χ4v) is 3.36. The van der Waals surface area contributed by atoms with Crippen LogP contribution in [0.5, 0.6) is 0 Å². The Morgan fingerprint density at radius 1 is 1.25 bits per heavy atom. The van der Waals surface area contributed by atoms with E-state index in [1.54, 1.807) is 0 Å². The first kappa shape index (κ1) is 15.8. The molecule has 2 N–H and O–H groups in total. The normalized spacial score (nSPS) is 29.6. The molecule has 2 heterocycles. The van der Waals surface area contributed by atoms with Gasteiger partial charge >= 0.3 is 0 Å². The number of rotatable bonds is 5. The van der Waals surface area contributed by atoms with Crippen molar-refractivity contribution in [2.45, 2.75) is 71.0 Å². The lowest BCUT2D eigenvalue weighted by molar-refractivity contribution is -0.124. The summed E-state index contributed by atoms with van der Waals surface area (Å²) in [5.41, 5.74) is 0. The molecule has 0 bridgehead atoms. The van der Waals surface area contributed by atoms with E-state index in [2.05, 4.69) is 36.3 Å². The van der Waals surface area contributed by atoms with Gasteiger partial charge in [-0.2, -0.15) is 0 Å². The lowest BCUT2D eigenvalue weighted by Gasteiger charge is -2.39. The van der Waals surface area contributed by atoms with Crippen LogP contribution in [0, 0.1) is 5.92 Å². The van der Waals surface area contributed by atoms with E-state index in [-0.39, 0.29) is 11.9 Å². The fourth-order valence-electron chi connectivity index (χ4n) is 3.36. The molecule has 0 spiro atoms. The van der Waals surface area contributed by atoms with Crippen LogP contribution in [0.2, 0.25) is 0 Å². The maximum atomic E-state index is 12.2. The van der Waals surface area contributed by atoms with Gasteiger partial charge in [0.1, 0.15) is 0 Å². The Labute approximate surface area is 123 Å². The van der Waals surface area contributed by atoms with Crippen LogP contribution in [-0.2, 0) is 4.79 Å². The molecular formula is C16H31N3O. The van der Waals surface area contributed by atoms with Crippen molar-refractivity contribution in [1.29, 1.82) is 0 Å². The summed E-state index contributed by atoms with van der Waals surface area (Å²) < 4.78 is 0. The molecule has 0 aromatic heterocycles. The number of carbonyl (C=O) groups excluding carboxylic acids is 1. The zero-order valence-corrected chi connectivity index (χ0v) is 13.3. The fraction of sp³-hybridized carbons (Fsp3) is 0.938. The van der Waals surface area contributed by atoms with E-state index in [4.69, 9.17) is 0 Å². The third-order valence-corrected chi connectivity index (χ3v) is 4.96. The SMILES string of the molecule is CC(C)C(C)NC(=O)CN1CCCCC1C1CCCN1. The highest BCUT2D eigenvalue weighted by Gasteiger charge is 2.32. The van der Waals surface area contributed by atoms with Crippen LogP contribution in [0.25, 0.3) is 0 Å². The van der Waals surface area contributed by atoms with Crippen LogP contribution in [0.3, 0.4) is 0 Å². The molecule has 20 heavy (non-hydrogen) atoms. The van der Waals surface area contributed by atoms with E-state index >= 15 is 0 Å². The van der Waals surface area contributed by atoms with E-state index in [0.29, 0.717) is 24.5 Å². The maximum Gasteiger partial charge on any atom is 0.234 e. The molecule has 0 aliphatic carbocycles. The van der Waals surface area contributed by atoms with Crippen molar-refractivity contribution in [3.8, 4) is 0 Å². The van der Waals surface area contributed by atoms with Gasteiger partial charge in [0.05, 0.1) is 6.54 Å². The van der Waals surface area contributed by atoms with Crippen LogP contribution in [0.1, 0.15) is 52.9 Å². The molecule has 0 radical (unpaired) electrons. The molecule has 3 unspecified atom stereocenters. The predicted molar refractivity (Wildman–Crippen MR) is 82.7 cm³/mol. The Kier molecular flexibility index (Phi) is 5.85. The minimum atomic E-state index is 0.191. The molecule has 0 aromatic rings. The molecule has 2 aliphatic rings. The van der Waals surface area contributed by atoms with E-state index in [1.807, 2.05) is 0 Å². The number of piperidine rings is 1. The van der Waals surface area contributed by atoms with Crippen molar-refractivity contribution >= 4 is 5.91 Å². The molecular weight excluding hydrogens is 250 g/mol. The first-order valence-electron chi connectivity index (χ1n) is 8.34. The van der Waals surface area contributed by atoms with Gasteiger partial charge in [0, 0.05) is 18.1 Å². The van der Waals surface area contributed by atoms with Crippen molar-refractivity contribution in [3.63, 3.8) is 0 Å². The molecule has 2 fully saturated rings. The van der Waals surface area contributed by atoms with Crippen LogP contribution in [0.15, 0.2) is 0 Å². The molecule has 0 aromatic carbocycles. The Morgan fingerprint density at radius 2 is 2.05 bits per heavy atom. The molecule has 4 nitrogen and oxygen atoms in total. The molecule has 0 saturated carbocycles. The topological polar surface area (TPSA) is 44.4 Å². The third-order valence-electron chi connectivity index (χ3n) is 4.96. The summed E-state index contributed by atoms with van der Waals surface area (Å²) in [6.45, 7) is 9.18. The van der Waals surface area contributed by atoms with Crippen LogP contribution in [0.4, 0.5) is 0 Å². The largest absolute Gasteiger partial charge is 0.352 e. The van der Waals surface area contributed by atoms with Crippen molar-refractivity contribution < 1.29 is 4.79 Å². The summed E-state index contributed by atoms with van der Waals surface area (Å²) in [5.74, 6) is 0.684. The number of nitrogens with one attached hydrogen (secondary N) is 2. The number of hydrogen-bond donors (Lipinski definition) is 2. The van der Waals surface area contributed by atoms with Gasteiger partial charge in [0.25, 0.3) is 0 Å². The quantitative estimate of drug-likeness (QED) is 0.807. The minimum Gasteiger partial charge on any atom is -0.352 e. The average Bonchev–Trinajstić information content (AvgIpc) is 2.92. The van der Waals surface area contributed by atoms with E-state index in [0.717, 1.165) is 13.1 Å². The standard InChI is InChI=1S/C16H31N3O/c1-12(2)13(3)18-16(20)11-19-10-5-4-8-15(19)14-7-6-9-17-14/h12-15,17H,4-11H2,1-3H3,(H,18,20). The van der Waals surface area contributed by atoms with Crippen molar-refractivity contribution in [2.24, 2.45) is 5.92 Å². The second kappa shape index (κ2) is 7.41. The summed E-state index contributed by atoms with van der Waals surface area (Å²) in [7, 11) is 0. The van der Waals surface area contributed by atoms with Gasteiger partial charge in [-0.3, -0.25) is 9.69 Å². The summed E-state index contributed by atoms with van der Waals surface area (Å²) in [5, 5.41) is 6.75. The van der Waals surface area contributed by atoms with E-state index < -0.39 is 0 Å². The van der Waals surface area contributed by atoms with Crippen molar-refractivity contribution in [1.82, 2.24) is 15.5 Å². The molecule has 3 atom stereocenters. The zero-order valence-electron chi connectivity index (χ0n) is 13.3. The Bertz CT molecular complexity index is 313. The van der Waals surface area contributed by atoms with Crippen LogP contribution >= 0.6 is 0 Å². The highest BCUT2D eigenvalue weighted by molar-refractivity contribution is 5.78. The second-order valence-corrected chi connectivity index (χ2v) is 6.84. The molecule has 1 amide bonds. The van der Waals surface area contributed by atoms with Gasteiger partial charge in [-0.25, -0.2) is 0 Å². The zero-order chi connectivity index (χ0) is 14.5. The van der Waals surface area contributed by atoms with Crippen LogP contribution in [-0.4, -0.2) is 48.6 Å². The van der Waals surface area contributed by atoms with Crippen LogP contribution < -0.4 is 10.6 Å². The monoisotopic (exact) mass is 281 g/mol. The molecule has 2 saturated heterocycles. The molecule has 2 rings (SSSR count). The number of likely N-dealkylation sites (tertiary alicyclic amines) is 1.